The van der Waals surface area contributed by atoms with Crippen LogP contribution in [0.2, 0.25) is 0 Å². The largest absolute Gasteiger partial charge is 0.383 e. The summed E-state index contributed by atoms with van der Waals surface area (Å²) in [7, 11) is 0. The predicted octanol–water partition coefficient (Wildman–Crippen LogP) is 2.68. The molecule has 1 aromatic rings. The standard InChI is InChI=1S/C9H16IN3/c1-4-8(6(2)3)13-9(11)7(10)5-12-13/h5-6,8H,4,11H2,1-3H3. The van der Waals surface area contributed by atoms with Crippen LogP contribution in [0, 0.1) is 9.49 Å². The molecule has 0 aromatic carbocycles. The first kappa shape index (κ1) is 10.8. The van der Waals surface area contributed by atoms with Gasteiger partial charge in [0, 0.05) is 0 Å². The van der Waals surface area contributed by atoms with Crippen LogP contribution in [-0.4, -0.2) is 9.78 Å². The van der Waals surface area contributed by atoms with Gasteiger partial charge < -0.3 is 5.73 Å². The summed E-state index contributed by atoms with van der Waals surface area (Å²) in [6.07, 6.45) is 2.89. The number of nitrogens with two attached hydrogens (primary N) is 1. The van der Waals surface area contributed by atoms with Gasteiger partial charge in [-0.2, -0.15) is 5.10 Å². The third-order valence-electron chi connectivity index (χ3n) is 2.29. The van der Waals surface area contributed by atoms with Crippen LogP contribution in [0.15, 0.2) is 6.20 Å². The van der Waals surface area contributed by atoms with Crippen LogP contribution in [-0.2, 0) is 0 Å². The molecule has 1 unspecified atom stereocenters. The Hall–Kier alpha value is -0.260. The van der Waals surface area contributed by atoms with Crippen molar-refractivity contribution in [2.45, 2.75) is 33.2 Å². The van der Waals surface area contributed by atoms with E-state index in [1.54, 1.807) is 0 Å². The summed E-state index contributed by atoms with van der Waals surface area (Å²) in [4.78, 5) is 0. The number of hydrogen-bond acceptors (Lipinski definition) is 2. The van der Waals surface area contributed by atoms with Gasteiger partial charge in [0.05, 0.1) is 15.8 Å². The number of nitrogen functional groups attached to an aromatic ring is 1. The van der Waals surface area contributed by atoms with Crippen molar-refractivity contribution in [1.29, 1.82) is 0 Å². The number of anilines is 1. The van der Waals surface area contributed by atoms with E-state index in [9.17, 15) is 0 Å². The zero-order valence-electron chi connectivity index (χ0n) is 8.29. The summed E-state index contributed by atoms with van der Waals surface area (Å²) < 4.78 is 2.98. The minimum Gasteiger partial charge on any atom is -0.383 e. The first-order chi connectivity index (χ1) is 6.07. The molecule has 4 heteroatoms. The average molecular weight is 293 g/mol. The molecule has 0 bridgehead atoms. The van der Waals surface area contributed by atoms with Crippen molar-refractivity contribution in [3.8, 4) is 0 Å². The molecule has 74 valence electrons. The maximum atomic E-state index is 5.91. The van der Waals surface area contributed by atoms with Crippen molar-refractivity contribution < 1.29 is 0 Å². The second kappa shape index (κ2) is 4.30. The lowest BCUT2D eigenvalue weighted by Crippen LogP contribution is -2.17. The van der Waals surface area contributed by atoms with E-state index in [1.165, 1.54) is 0 Å². The highest BCUT2D eigenvalue weighted by molar-refractivity contribution is 14.1. The van der Waals surface area contributed by atoms with Crippen molar-refractivity contribution >= 4 is 28.4 Å². The molecule has 0 aliphatic rings. The third kappa shape index (κ3) is 2.15. The van der Waals surface area contributed by atoms with Crippen LogP contribution in [0.1, 0.15) is 33.2 Å². The Morgan fingerprint density at radius 2 is 2.23 bits per heavy atom. The van der Waals surface area contributed by atoms with Gasteiger partial charge in [-0.05, 0) is 34.9 Å². The Labute approximate surface area is 92.8 Å². The first-order valence-corrected chi connectivity index (χ1v) is 5.64. The topological polar surface area (TPSA) is 43.8 Å². The van der Waals surface area contributed by atoms with Crippen LogP contribution in [0.4, 0.5) is 5.82 Å². The fourth-order valence-electron chi connectivity index (χ4n) is 1.54. The van der Waals surface area contributed by atoms with E-state index in [-0.39, 0.29) is 0 Å². The second-order valence-electron chi connectivity index (χ2n) is 3.54. The fourth-order valence-corrected chi connectivity index (χ4v) is 1.91. The highest BCUT2D eigenvalue weighted by Gasteiger charge is 2.17. The minimum atomic E-state index is 0.420. The molecular formula is C9H16IN3. The fraction of sp³-hybridized carbons (Fsp3) is 0.667. The second-order valence-corrected chi connectivity index (χ2v) is 4.70. The molecule has 0 aliphatic heterocycles. The molecule has 1 aromatic heterocycles. The molecule has 0 aliphatic carbocycles. The lowest BCUT2D eigenvalue weighted by atomic mass is 10.0. The maximum Gasteiger partial charge on any atom is 0.135 e. The Morgan fingerprint density at radius 1 is 1.62 bits per heavy atom. The molecule has 0 amide bonds. The smallest absolute Gasteiger partial charge is 0.135 e. The van der Waals surface area contributed by atoms with Gasteiger partial charge in [0.15, 0.2) is 0 Å². The summed E-state index contributed by atoms with van der Waals surface area (Å²) >= 11 is 2.21. The van der Waals surface area contributed by atoms with Gasteiger partial charge in [-0.3, -0.25) is 0 Å². The molecule has 2 N–H and O–H groups in total. The van der Waals surface area contributed by atoms with Crippen molar-refractivity contribution in [1.82, 2.24) is 9.78 Å². The summed E-state index contributed by atoms with van der Waals surface area (Å²) in [6, 6.07) is 0.420. The molecule has 0 fully saturated rings. The van der Waals surface area contributed by atoms with Crippen LogP contribution in [0.25, 0.3) is 0 Å². The zero-order chi connectivity index (χ0) is 10.0. The number of rotatable bonds is 3. The number of nitrogens with zero attached hydrogens (tertiary/aromatic N) is 2. The number of hydrogen-bond donors (Lipinski definition) is 1. The molecule has 0 spiro atoms. The maximum absolute atomic E-state index is 5.91. The van der Waals surface area contributed by atoms with Crippen molar-refractivity contribution in [3.63, 3.8) is 0 Å². The molecule has 3 nitrogen and oxygen atoms in total. The van der Waals surface area contributed by atoms with E-state index in [0.717, 1.165) is 15.8 Å². The summed E-state index contributed by atoms with van der Waals surface area (Å²) in [6.45, 7) is 6.56. The van der Waals surface area contributed by atoms with Crippen LogP contribution >= 0.6 is 22.6 Å². The molecule has 1 atom stereocenters. The molecule has 0 saturated heterocycles. The molecule has 1 rings (SSSR count). The first-order valence-electron chi connectivity index (χ1n) is 4.56. The lowest BCUT2D eigenvalue weighted by molar-refractivity contribution is 0.341. The molecular weight excluding hydrogens is 277 g/mol. The van der Waals surface area contributed by atoms with E-state index in [1.807, 2.05) is 10.9 Å². The Morgan fingerprint density at radius 3 is 2.54 bits per heavy atom. The van der Waals surface area contributed by atoms with E-state index in [4.69, 9.17) is 5.73 Å². The van der Waals surface area contributed by atoms with Gasteiger partial charge in [-0.25, -0.2) is 4.68 Å². The Bertz CT molecular complexity index is 280. The van der Waals surface area contributed by atoms with Crippen molar-refractivity contribution in [2.75, 3.05) is 5.73 Å². The van der Waals surface area contributed by atoms with E-state index in [2.05, 4.69) is 48.5 Å². The normalized spacial score (nSPS) is 13.6. The van der Waals surface area contributed by atoms with Gasteiger partial charge in [-0.15, -0.1) is 0 Å². The highest BCUT2D eigenvalue weighted by atomic mass is 127. The van der Waals surface area contributed by atoms with Crippen LogP contribution < -0.4 is 5.73 Å². The van der Waals surface area contributed by atoms with Crippen LogP contribution in [0.3, 0.4) is 0 Å². The lowest BCUT2D eigenvalue weighted by Gasteiger charge is -2.20. The van der Waals surface area contributed by atoms with E-state index in [0.29, 0.717) is 12.0 Å². The Balaban J connectivity index is 2.98. The monoisotopic (exact) mass is 293 g/mol. The van der Waals surface area contributed by atoms with Gasteiger partial charge in [0.1, 0.15) is 5.82 Å². The van der Waals surface area contributed by atoms with E-state index >= 15 is 0 Å². The van der Waals surface area contributed by atoms with Crippen LogP contribution in [0.5, 0.6) is 0 Å². The zero-order valence-corrected chi connectivity index (χ0v) is 10.4. The number of aromatic nitrogens is 2. The van der Waals surface area contributed by atoms with Gasteiger partial charge in [0.25, 0.3) is 0 Å². The van der Waals surface area contributed by atoms with Crippen molar-refractivity contribution in [2.24, 2.45) is 5.92 Å². The quantitative estimate of drug-likeness (QED) is 0.871. The summed E-state index contributed by atoms with van der Waals surface area (Å²) in [5, 5.41) is 4.29. The molecule has 13 heavy (non-hydrogen) atoms. The average Bonchev–Trinajstić information content (AvgIpc) is 2.37. The van der Waals surface area contributed by atoms with Crippen molar-refractivity contribution in [3.05, 3.63) is 9.77 Å². The molecule has 0 saturated carbocycles. The number of halogens is 1. The summed E-state index contributed by atoms with van der Waals surface area (Å²) in [5.74, 6) is 1.36. The molecule has 0 radical (unpaired) electrons. The molecule has 1 heterocycles. The van der Waals surface area contributed by atoms with Gasteiger partial charge in [-0.1, -0.05) is 20.8 Å². The third-order valence-corrected chi connectivity index (χ3v) is 3.12. The van der Waals surface area contributed by atoms with E-state index < -0.39 is 0 Å². The Kier molecular flexibility index (Phi) is 3.58. The summed E-state index contributed by atoms with van der Waals surface area (Å²) in [5.41, 5.74) is 5.91. The predicted molar refractivity (Wildman–Crippen MR) is 63.5 cm³/mol. The SMILES string of the molecule is CCC(C(C)C)n1ncc(I)c1N. The minimum absolute atomic E-state index is 0.420. The highest BCUT2D eigenvalue weighted by Crippen LogP contribution is 2.25. The van der Waals surface area contributed by atoms with Gasteiger partial charge in [0.2, 0.25) is 0 Å². The van der Waals surface area contributed by atoms with Gasteiger partial charge >= 0.3 is 0 Å².